The second kappa shape index (κ2) is 5.77. The van der Waals surface area contributed by atoms with Crippen LogP contribution in [0.15, 0.2) is 18.2 Å². The van der Waals surface area contributed by atoms with E-state index in [1.807, 2.05) is 32.9 Å². The first kappa shape index (κ1) is 17.7. The van der Waals surface area contributed by atoms with Gasteiger partial charge in [-0.15, -0.1) is 0 Å². The van der Waals surface area contributed by atoms with Crippen LogP contribution in [0.5, 0.6) is 0 Å². The summed E-state index contributed by atoms with van der Waals surface area (Å²) in [6, 6.07) is 6.13. The minimum absolute atomic E-state index is 0. The molecule has 1 aromatic rings. The average Bonchev–Trinajstić information content (AvgIpc) is 2.13. The zero-order valence-electron chi connectivity index (χ0n) is 12.6. The van der Waals surface area contributed by atoms with E-state index in [0.29, 0.717) is 0 Å². The number of benzene rings is 1. The van der Waals surface area contributed by atoms with Gasteiger partial charge >= 0.3 is 0 Å². The van der Waals surface area contributed by atoms with Crippen molar-refractivity contribution in [2.75, 3.05) is 5.32 Å². The topological polar surface area (TPSA) is 29.1 Å². The predicted octanol–water partition coefficient (Wildman–Crippen LogP) is 4.91. The summed E-state index contributed by atoms with van der Waals surface area (Å²) in [4.78, 5) is 11.9. The van der Waals surface area contributed by atoms with Crippen LogP contribution in [-0.2, 0) is 10.2 Å². The summed E-state index contributed by atoms with van der Waals surface area (Å²) in [5.41, 5.74) is 3.18. The number of carbonyl (C=O) groups is 1. The Hall–Kier alpha value is -1.31. The molecule has 0 unspecified atom stereocenters. The zero-order chi connectivity index (χ0) is 14.1. The van der Waals surface area contributed by atoms with Crippen LogP contribution in [0.4, 0.5) is 5.69 Å². The maximum absolute atomic E-state index is 11.9. The van der Waals surface area contributed by atoms with Gasteiger partial charge in [0.2, 0.25) is 5.91 Å². The SMILES string of the molecule is C.Cc1cc(NC(=O)C(C)(C)C)ccc1C(C)(C)C. The van der Waals surface area contributed by atoms with Gasteiger partial charge in [-0.05, 0) is 35.6 Å². The maximum Gasteiger partial charge on any atom is 0.229 e. The van der Waals surface area contributed by atoms with E-state index >= 15 is 0 Å². The van der Waals surface area contributed by atoms with Crippen molar-refractivity contribution < 1.29 is 4.79 Å². The standard InChI is InChI=1S/C16H25NO.CH4/c1-11-10-12(17-14(18)16(5,6)7)8-9-13(11)15(2,3)4;/h8-10H,1-7H3,(H,17,18);1H4. The first-order chi connectivity index (χ1) is 8.01. The van der Waals surface area contributed by atoms with Crippen molar-refractivity contribution in [3.8, 4) is 0 Å². The zero-order valence-corrected chi connectivity index (χ0v) is 12.6. The maximum atomic E-state index is 11.9. The molecule has 1 rings (SSSR count). The van der Waals surface area contributed by atoms with Crippen LogP contribution < -0.4 is 5.32 Å². The van der Waals surface area contributed by atoms with Gasteiger partial charge in [0.1, 0.15) is 0 Å². The highest BCUT2D eigenvalue weighted by molar-refractivity contribution is 5.94. The molecule has 0 aliphatic heterocycles. The van der Waals surface area contributed by atoms with Crippen molar-refractivity contribution in [3.63, 3.8) is 0 Å². The average molecular weight is 263 g/mol. The van der Waals surface area contributed by atoms with Gasteiger partial charge in [-0.2, -0.15) is 0 Å². The van der Waals surface area contributed by atoms with Crippen molar-refractivity contribution in [1.82, 2.24) is 0 Å². The van der Waals surface area contributed by atoms with Crippen molar-refractivity contribution in [2.24, 2.45) is 5.41 Å². The highest BCUT2D eigenvalue weighted by Gasteiger charge is 2.22. The van der Waals surface area contributed by atoms with Gasteiger partial charge in [0, 0.05) is 11.1 Å². The highest BCUT2D eigenvalue weighted by atomic mass is 16.2. The van der Waals surface area contributed by atoms with Crippen LogP contribution >= 0.6 is 0 Å². The molecule has 1 amide bonds. The second-order valence-electron chi connectivity index (χ2n) is 6.98. The molecule has 0 aromatic heterocycles. The van der Waals surface area contributed by atoms with Crippen LogP contribution in [-0.4, -0.2) is 5.91 Å². The molecule has 2 nitrogen and oxygen atoms in total. The number of hydrogen-bond donors (Lipinski definition) is 1. The summed E-state index contributed by atoms with van der Waals surface area (Å²) in [5, 5.41) is 2.96. The Morgan fingerprint density at radius 1 is 1.05 bits per heavy atom. The van der Waals surface area contributed by atoms with Crippen LogP contribution in [0.1, 0.15) is 60.1 Å². The van der Waals surface area contributed by atoms with Crippen LogP contribution in [0.25, 0.3) is 0 Å². The first-order valence-electron chi connectivity index (χ1n) is 6.44. The van der Waals surface area contributed by atoms with E-state index in [1.165, 1.54) is 11.1 Å². The van der Waals surface area contributed by atoms with Crippen LogP contribution in [0, 0.1) is 12.3 Å². The number of nitrogens with one attached hydrogen (secondary N) is 1. The molecule has 0 bridgehead atoms. The summed E-state index contributed by atoms with van der Waals surface area (Å²) >= 11 is 0. The van der Waals surface area contributed by atoms with Gasteiger partial charge in [-0.3, -0.25) is 4.79 Å². The largest absolute Gasteiger partial charge is 0.326 e. The summed E-state index contributed by atoms with van der Waals surface area (Å²) in [7, 11) is 0. The monoisotopic (exact) mass is 263 g/mol. The molecule has 1 aromatic carbocycles. The molecular weight excluding hydrogens is 234 g/mol. The number of rotatable bonds is 1. The Bertz CT molecular complexity index is 447. The number of amides is 1. The van der Waals surface area contributed by atoms with Crippen molar-refractivity contribution in [2.45, 2.75) is 61.3 Å². The molecule has 0 saturated heterocycles. The van der Waals surface area contributed by atoms with Crippen LogP contribution in [0.2, 0.25) is 0 Å². The van der Waals surface area contributed by atoms with E-state index in [2.05, 4.69) is 39.1 Å². The van der Waals surface area contributed by atoms with E-state index in [9.17, 15) is 4.79 Å². The molecule has 0 radical (unpaired) electrons. The third kappa shape index (κ3) is 4.70. The minimum atomic E-state index is -0.364. The lowest BCUT2D eigenvalue weighted by atomic mass is 9.84. The summed E-state index contributed by atoms with van der Waals surface area (Å²) in [6.45, 7) is 14.4. The lowest BCUT2D eigenvalue weighted by molar-refractivity contribution is -0.123. The quantitative estimate of drug-likeness (QED) is 0.766. The van der Waals surface area contributed by atoms with Gasteiger partial charge in [-0.1, -0.05) is 55.0 Å². The number of carbonyl (C=O) groups excluding carboxylic acids is 1. The van der Waals surface area contributed by atoms with E-state index < -0.39 is 0 Å². The Labute approximate surface area is 118 Å². The molecule has 2 heteroatoms. The third-order valence-corrected chi connectivity index (χ3v) is 2.97. The van der Waals surface area contributed by atoms with Crippen molar-refractivity contribution in [3.05, 3.63) is 29.3 Å². The number of aryl methyl sites for hydroxylation is 1. The molecule has 0 saturated carbocycles. The Morgan fingerprint density at radius 2 is 1.58 bits per heavy atom. The first-order valence-corrected chi connectivity index (χ1v) is 6.44. The van der Waals surface area contributed by atoms with Gasteiger partial charge in [0.25, 0.3) is 0 Å². The molecular formula is C17H29NO. The molecule has 108 valence electrons. The molecule has 0 heterocycles. The smallest absolute Gasteiger partial charge is 0.229 e. The Kier molecular flexibility index (Phi) is 5.37. The Balaban J connectivity index is 0.00000324. The van der Waals surface area contributed by atoms with E-state index in [0.717, 1.165) is 5.69 Å². The van der Waals surface area contributed by atoms with Gasteiger partial charge in [0.15, 0.2) is 0 Å². The normalized spacial score (nSPS) is 11.7. The summed E-state index contributed by atoms with van der Waals surface area (Å²) in [6.07, 6.45) is 0. The van der Waals surface area contributed by atoms with Gasteiger partial charge in [0.05, 0.1) is 0 Å². The van der Waals surface area contributed by atoms with Crippen molar-refractivity contribution in [1.29, 1.82) is 0 Å². The van der Waals surface area contributed by atoms with E-state index in [1.54, 1.807) is 0 Å². The molecule has 0 aliphatic carbocycles. The van der Waals surface area contributed by atoms with Gasteiger partial charge < -0.3 is 5.32 Å². The lowest BCUT2D eigenvalue weighted by Crippen LogP contribution is -2.27. The Morgan fingerprint density at radius 3 is 1.95 bits per heavy atom. The molecule has 0 aliphatic rings. The summed E-state index contributed by atoms with van der Waals surface area (Å²) in [5.74, 6) is 0.0467. The van der Waals surface area contributed by atoms with E-state index in [-0.39, 0.29) is 24.2 Å². The van der Waals surface area contributed by atoms with Crippen LogP contribution in [0.3, 0.4) is 0 Å². The minimum Gasteiger partial charge on any atom is -0.326 e. The predicted molar refractivity (Wildman–Crippen MR) is 84.7 cm³/mol. The molecule has 19 heavy (non-hydrogen) atoms. The van der Waals surface area contributed by atoms with Crippen molar-refractivity contribution >= 4 is 11.6 Å². The van der Waals surface area contributed by atoms with Gasteiger partial charge in [-0.25, -0.2) is 0 Å². The highest BCUT2D eigenvalue weighted by Crippen LogP contribution is 2.28. The molecule has 0 spiro atoms. The second-order valence-corrected chi connectivity index (χ2v) is 6.98. The fourth-order valence-corrected chi connectivity index (χ4v) is 1.90. The molecule has 0 fully saturated rings. The van der Waals surface area contributed by atoms with E-state index in [4.69, 9.17) is 0 Å². The number of hydrogen-bond acceptors (Lipinski definition) is 1. The molecule has 1 N–H and O–H groups in total. The third-order valence-electron chi connectivity index (χ3n) is 2.97. The fraction of sp³-hybridized carbons (Fsp3) is 0.588. The molecule has 0 atom stereocenters. The summed E-state index contributed by atoms with van der Waals surface area (Å²) < 4.78 is 0. The fourth-order valence-electron chi connectivity index (χ4n) is 1.90. The lowest BCUT2D eigenvalue weighted by Gasteiger charge is -2.23. The number of anilines is 1.